The van der Waals surface area contributed by atoms with Crippen molar-refractivity contribution in [2.75, 3.05) is 6.61 Å². The highest BCUT2D eigenvalue weighted by Crippen LogP contribution is 2.33. The first kappa shape index (κ1) is 14.4. The van der Waals surface area contributed by atoms with Gasteiger partial charge >= 0.3 is 6.36 Å². The first-order valence-electron chi connectivity index (χ1n) is 4.29. The summed E-state index contributed by atoms with van der Waals surface area (Å²) < 4.78 is 45.7. The maximum Gasteiger partial charge on any atom is 0.573 e. The number of halogens is 5. The molecule has 17 heavy (non-hydrogen) atoms. The zero-order chi connectivity index (χ0) is 13.1. The fourth-order valence-corrected chi connectivity index (χ4v) is 1.49. The van der Waals surface area contributed by atoms with E-state index < -0.39 is 6.36 Å². The molecule has 94 valence electrons. The molecule has 1 rings (SSSR count). The van der Waals surface area contributed by atoms with Crippen LogP contribution in [0.3, 0.4) is 0 Å². The van der Waals surface area contributed by atoms with E-state index in [1.165, 1.54) is 18.2 Å². The molecule has 0 bridgehead atoms. The first-order chi connectivity index (χ1) is 7.78. The van der Waals surface area contributed by atoms with Crippen molar-refractivity contribution in [2.24, 2.45) is 0 Å². The van der Waals surface area contributed by atoms with Crippen LogP contribution in [0.4, 0.5) is 13.2 Å². The Hall–Kier alpha value is -0.690. The Morgan fingerprint density at radius 1 is 1.35 bits per heavy atom. The third-order valence-corrected chi connectivity index (χ3v) is 2.37. The summed E-state index contributed by atoms with van der Waals surface area (Å²) >= 11 is 6.07. The molecule has 0 unspecified atom stereocenters. The standard InChI is InChI=1S/C10H7Br2F3O2/c1-6(11)5-16-7-2-3-9(8(12)4-7)17-10(13,14)15/h2-4H,1,5H2. The molecule has 0 amide bonds. The van der Waals surface area contributed by atoms with Crippen molar-refractivity contribution in [1.29, 1.82) is 0 Å². The molecule has 0 saturated carbocycles. The largest absolute Gasteiger partial charge is 0.573 e. The Labute approximate surface area is 113 Å². The molecule has 0 radical (unpaired) electrons. The van der Waals surface area contributed by atoms with E-state index in [0.717, 1.165) is 0 Å². The molecule has 0 N–H and O–H groups in total. The van der Waals surface area contributed by atoms with Crippen LogP contribution >= 0.6 is 31.9 Å². The van der Waals surface area contributed by atoms with Gasteiger partial charge in [-0.2, -0.15) is 0 Å². The van der Waals surface area contributed by atoms with Crippen LogP contribution in [0.1, 0.15) is 0 Å². The Morgan fingerprint density at radius 3 is 2.47 bits per heavy atom. The quantitative estimate of drug-likeness (QED) is 0.763. The molecule has 0 saturated heterocycles. The highest BCUT2D eigenvalue weighted by molar-refractivity contribution is 9.11. The fraction of sp³-hybridized carbons (Fsp3) is 0.200. The Morgan fingerprint density at radius 2 is 2.00 bits per heavy atom. The van der Waals surface area contributed by atoms with Gasteiger partial charge in [0.15, 0.2) is 0 Å². The van der Waals surface area contributed by atoms with Crippen molar-refractivity contribution in [3.8, 4) is 11.5 Å². The lowest BCUT2D eigenvalue weighted by Gasteiger charge is -2.12. The highest BCUT2D eigenvalue weighted by atomic mass is 79.9. The van der Waals surface area contributed by atoms with Crippen LogP contribution in [0.15, 0.2) is 33.7 Å². The molecule has 0 heterocycles. The summed E-state index contributed by atoms with van der Waals surface area (Å²) in [6.07, 6.45) is -4.71. The lowest BCUT2D eigenvalue weighted by Crippen LogP contribution is -2.17. The van der Waals surface area contributed by atoms with Gasteiger partial charge in [0.1, 0.15) is 18.1 Å². The number of hydrogen-bond acceptors (Lipinski definition) is 2. The average Bonchev–Trinajstić information content (AvgIpc) is 2.17. The molecule has 0 aliphatic carbocycles. The molecular formula is C10H7Br2F3O2. The van der Waals surface area contributed by atoms with E-state index in [2.05, 4.69) is 43.2 Å². The summed E-state index contributed by atoms with van der Waals surface area (Å²) in [5.74, 6) is 0.0921. The normalized spacial score (nSPS) is 11.1. The lowest BCUT2D eigenvalue weighted by molar-refractivity contribution is -0.274. The second kappa shape index (κ2) is 5.77. The fourth-order valence-electron chi connectivity index (χ4n) is 0.940. The zero-order valence-electron chi connectivity index (χ0n) is 8.35. The molecule has 0 aromatic heterocycles. The van der Waals surface area contributed by atoms with Gasteiger partial charge in [0.05, 0.1) is 4.47 Å². The highest BCUT2D eigenvalue weighted by Gasteiger charge is 2.31. The Bertz CT molecular complexity index is 419. The van der Waals surface area contributed by atoms with E-state index in [4.69, 9.17) is 4.74 Å². The van der Waals surface area contributed by atoms with Gasteiger partial charge < -0.3 is 9.47 Å². The van der Waals surface area contributed by atoms with Crippen LogP contribution in [-0.4, -0.2) is 13.0 Å². The number of hydrogen-bond donors (Lipinski definition) is 0. The van der Waals surface area contributed by atoms with Crippen LogP contribution in [0.2, 0.25) is 0 Å². The molecule has 2 nitrogen and oxygen atoms in total. The van der Waals surface area contributed by atoms with Crippen molar-refractivity contribution in [2.45, 2.75) is 6.36 Å². The Balaban J connectivity index is 2.76. The van der Waals surface area contributed by atoms with E-state index in [9.17, 15) is 13.2 Å². The lowest BCUT2D eigenvalue weighted by atomic mass is 10.3. The molecular weight excluding hydrogens is 369 g/mol. The number of ether oxygens (including phenoxy) is 2. The van der Waals surface area contributed by atoms with Gasteiger partial charge in [0.25, 0.3) is 0 Å². The van der Waals surface area contributed by atoms with Crippen LogP contribution in [0, 0.1) is 0 Å². The van der Waals surface area contributed by atoms with Crippen molar-refractivity contribution < 1.29 is 22.6 Å². The topological polar surface area (TPSA) is 18.5 Å². The van der Waals surface area contributed by atoms with E-state index >= 15 is 0 Å². The van der Waals surface area contributed by atoms with Gasteiger partial charge in [-0.3, -0.25) is 0 Å². The van der Waals surface area contributed by atoms with Crippen molar-refractivity contribution in [3.63, 3.8) is 0 Å². The second-order valence-electron chi connectivity index (χ2n) is 2.95. The van der Waals surface area contributed by atoms with Gasteiger partial charge in [-0.25, -0.2) is 0 Å². The molecule has 0 aliphatic heterocycles. The minimum absolute atomic E-state index is 0.160. The van der Waals surface area contributed by atoms with Crippen LogP contribution in [-0.2, 0) is 0 Å². The van der Waals surface area contributed by atoms with Crippen LogP contribution in [0.5, 0.6) is 11.5 Å². The molecule has 0 fully saturated rings. The van der Waals surface area contributed by atoms with E-state index in [0.29, 0.717) is 10.2 Å². The molecule has 1 aromatic rings. The summed E-state index contributed by atoms with van der Waals surface area (Å²) in [6, 6.07) is 3.93. The maximum atomic E-state index is 12.0. The van der Waals surface area contributed by atoms with Gasteiger partial charge in [-0.05, 0) is 34.1 Å². The average molecular weight is 376 g/mol. The maximum absolute atomic E-state index is 12.0. The Kier molecular flexibility index (Phi) is 4.88. The summed E-state index contributed by atoms with van der Waals surface area (Å²) in [4.78, 5) is 0. The molecule has 0 spiro atoms. The summed E-state index contributed by atoms with van der Waals surface area (Å²) in [6.45, 7) is 3.79. The molecule has 0 aliphatic rings. The van der Waals surface area contributed by atoms with E-state index in [1.54, 1.807) is 0 Å². The van der Waals surface area contributed by atoms with E-state index in [1.807, 2.05) is 0 Å². The smallest absolute Gasteiger partial charge is 0.488 e. The van der Waals surface area contributed by atoms with Gasteiger partial charge in [0, 0.05) is 4.48 Å². The third-order valence-electron chi connectivity index (χ3n) is 1.52. The number of alkyl halides is 3. The summed E-state index contributed by atoms with van der Waals surface area (Å²) in [5.41, 5.74) is 0. The molecule has 1 aromatic carbocycles. The SMILES string of the molecule is C=C(Br)COc1ccc(OC(F)(F)F)c(Br)c1. The summed E-state index contributed by atoms with van der Waals surface area (Å²) in [5, 5.41) is 0. The van der Waals surface area contributed by atoms with Crippen molar-refractivity contribution in [3.05, 3.63) is 33.7 Å². The second-order valence-corrected chi connectivity index (χ2v) is 4.92. The predicted octanol–water partition coefficient (Wildman–Crippen LogP) is 4.64. The predicted molar refractivity (Wildman–Crippen MR) is 64.4 cm³/mol. The van der Waals surface area contributed by atoms with Gasteiger partial charge in [0.2, 0.25) is 0 Å². The first-order valence-corrected chi connectivity index (χ1v) is 5.88. The minimum atomic E-state index is -4.71. The monoisotopic (exact) mass is 374 g/mol. The zero-order valence-corrected chi connectivity index (χ0v) is 11.5. The van der Waals surface area contributed by atoms with Crippen molar-refractivity contribution >= 4 is 31.9 Å². The molecule has 0 atom stereocenters. The number of rotatable bonds is 4. The summed E-state index contributed by atoms with van der Waals surface area (Å²) in [7, 11) is 0. The molecule has 7 heteroatoms. The van der Waals surface area contributed by atoms with Crippen LogP contribution < -0.4 is 9.47 Å². The van der Waals surface area contributed by atoms with Gasteiger partial charge in [-0.1, -0.05) is 22.5 Å². The van der Waals surface area contributed by atoms with Crippen molar-refractivity contribution in [1.82, 2.24) is 0 Å². The number of benzene rings is 1. The van der Waals surface area contributed by atoms with E-state index in [-0.39, 0.29) is 16.8 Å². The third kappa shape index (κ3) is 5.45. The van der Waals surface area contributed by atoms with Gasteiger partial charge in [-0.15, -0.1) is 13.2 Å². The minimum Gasteiger partial charge on any atom is -0.488 e. The van der Waals surface area contributed by atoms with Crippen LogP contribution in [0.25, 0.3) is 0 Å².